The van der Waals surface area contributed by atoms with Gasteiger partial charge in [-0.1, -0.05) is 48.5 Å². The summed E-state index contributed by atoms with van der Waals surface area (Å²) >= 11 is 0. The highest BCUT2D eigenvalue weighted by molar-refractivity contribution is 5.84. The summed E-state index contributed by atoms with van der Waals surface area (Å²) in [6, 6.07) is 18.8. The normalized spacial score (nSPS) is 13.6. The number of nitrogens with one attached hydrogen (secondary N) is 1. The molecule has 2 atom stereocenters. The molecule has 1 amide bonds. The largest absolute Gasteiger partial charge is 0.361 e. The van der Waals surface area contributed by atoms with E-state index in [4.69, 9.17) is 0 Å². The summed E-state index contributed by atoms with van der Waals surface area (Å²) in [5.74, 6) is 0.375. The molecule has 1 heterocycles. The molecule has 1 aromatic heterocycles. The van der Waals surface area contributed by atoms with Crippen molar-refractivity contribution in [2.45, 2.75) is 18.9 Å². The fourth-order valence-electron chi connectivity index (χ4n) is 3.36. The molecule has 3 aromatic rings. The van der Waals surface area contributed by atoms with Crippen LogP contribution in [0.5, 0.6) is 0 Å². The van der Waals surface area contributed by atoms with E-state index in [-0.39, 0.29) is 17.9 Å². The molecule has 0 spiro atoms. The van der Waals surface area contributed by atoms with Gasteiger partial charge in [-0.2, -0.15) is 0 Å². The predicted molar refractivity (Wildman–Crippen MR) is 102 cm³/mol. The third-order valence-corrected chi connectivity index (χ3v) is 4.75. The Kier molecular flexibility index (Phi) is 5.19. The maximum atomic E-state index is 12.2. The second-order valence-electron chi connectivity index (χ2n) is 6.75. The van der Waals surface area contributed by atoms with Gasteiger partial charge in [-0.15, -0.1) is 0 Å². The summed E-state index contributed by atoms with van der Waals surface area (Å²) in [4.78, 5) is 17.2. The fourth-order valence-corrected chi connectivity index (χ4v) is 3.36. The quantitative estimate of drug-likeness (QED) is 0.713. The number of hydrogen-bond acceptors (Lipinski definition) is 1. The van der Waals surface area contributed by atoms with Crippen molar-refractivity contribution >= 4 is 16.8 Å². The lowest BCUT2D eigenvalue weighted by molar-refractivity contribution is -0.675. The number of aromatic amines is 1. The molecule has 0 unspecified atom stereocenters. The molecule has 0 fully saturated rings. The molecule has 0 saturated heterocycles. The Morgan fingerprint density at radius 2 is 1.76 bits per heavy atom. The fraction of sp³-hybridized carbons (Fsp3) is 0.286. The van der Waals surface area contributed by atoms with Crippen molar-refractivity contribution in [2.75, 3.05) is 20.6 Å². The van der Waals surface area contributed by atoms with Gasteiger partial charge in [-0.05, 0) is 24.1 Å². The van der Waals surface area contributed by atoms with Crippen LogP contribution in [-0.4, -0.2) is 42.5 Å². The van der Waals surface area contributed by atoms with E-state index >= 15 is 0 Å². The number of nitrogens with two attached hydrogens (primary N) is 1. The number of aromatic nitrogens is 1. The van der Waals surface area contributed by atoms with Gasteiger partial charge in [0.25, 0.3) is 5.91 Å². The first-order valence-corrected chi connectivity index (χ1v) is 8.73. The second kappa shape index (κ2) is 7.53. The minimum absolute atomic E-state index is 0.0913. The van der Waals surface area contributed by atoms with E-state index in [0.29, 0.717) is 0 Å². The topological polar surface area (TPSA) is 52.7 Å². The van der Waals surface area contributed by atoms with Crippen LogP contribution in [0.3, 0.4) is 0 Å². The molecule has 0 bridgehead atoms. The number of rotatable bonds is 6. The number of benzene rings is 2. The van der Waals surface area contributed by atoms with E-state index in [2.05, 4.69) is 59.0 Å². The molecule has 0 aliphatic heterocycles. The zero-order valence-corrected chi connectivity index (χ0v) is 15.1. The van der Waals surface area contributed by atoms with E-state index in [0.717, 1.165) is 12.1 Å². The summed E-state index contributed by atoms with van der Waals surface area (Å²) < 4.78 is 0. The summed E-state index contributed by atoms with van der Waals surface area (Å²) in [5, 5.41) is 3.39. The van der Waals surface area contributed by atoms with Gasteiger partial charge >= 0.3 is 0 Å². The third kappa shape index (κ3) is 3.74. The summed E-state index contributed by atoms with van der Waals surface area (Å²) in [5.41, 5.74) is 3.70. The Labute approximate surface area is 148 Å². The molecule has 25 heavy (non-hydrogen) atoms. The van der Waals surface area contributed by atoms with E-state index in [1.807, 2.05) is 19.1 Å². The van der Waals surface area contributed by atoms with Gasteiger partial charge in [0.15, 0.2) is 6.04 Å². The van der Waals surface area contributed by atoms with Crippen molar-refractivity contribution in [3.05, 3.63) is 71.9 Å². The van der Waals surface area contributed by atoms with E-state index < -0.39 is 0 Å². The molecular weight excluding hydrogens is 310 g/mol. The Bertz CT molecular complexity index is 838. The van der Waals surface area contributed by atoms with Gasteiger partial charge in [-0.3, -0.25) is 4.79 Å². The number of carbonyl (C=O) groups excluding carboxylic acids is 1. The van der Waals surface area contributed by atoms with Crippen molar-refractivity contribution < 1.29 is 10.1 Å². The average Bonchev–Trinajstić information content (AvgIpc) is 3.06. The molecule has 0 radical (unpaired) electrons. The Hall–Kier alpha value is -2.59. The zero-order valence-electron chi connectivity index (χ0n) is 15.1. The smallest absolute Gasteiger partial charge is 0.279 e. The molecule has 130 valence electrons. The highest BCUT2D eigenvalue weighted by atomic mass is 16.2. The van der Waals surface area contributed by atoms with Crippen molar-refractivity contribution in [2.24, 2.45) is 0 Å². The number of H-pyrrole nitrogens is 1. The molecule has 2 aromatic carbocycles. The Morgan fingerprint density at radius 1 is 1.08 bits per heavy atom. The second-order valence-corrected chi connectivity index (χ2v) is 6.75. The molecule has 3 rings (SSSR count). The Balaban J connectivity index is 1.90. The van der Waals surface area contributed by atoms with Gasteiger partial charge in [0.2, 0.25) is 0 Å². The SMILES string of the molecule is C[C@@H]([NH2+]C[C@@H](c1ccccc1)c1c[nH]c2ccccc12)C(=O)N(C)C. The van der Waals surface area contributed by atoms with Crippen molar-refractivity contribution in [3.8, 4) is 0 Å². The lowest BCUT2D eigenvalue weighted by Gasteiger charge is -2.20. The van der Waals surface area contributed by atoms with Gasteiger partial charge in [0.1, 0.15) is 0 Å². The Morgan fingerprint density at radius 3 is 2.48 bits per heavy atom. The van der Waals surface area contributed by atoms with E-state index in [1.165, 1.54) is 16.5 Å². The van der Waals surface area contributed by atoms with Crippen molar-refractivity contribution in [1.82, 2.24) is 9.88 Å². The van der Waals surface area contributed by atoms with Crippen LogP contribution in [0.4, 0.5) is 0 Å². The number of fused-ring (bicyclic) bond motifs is 1. The number of carbonyl (C=O) groups is 1. The highest BCUT2D eigenvalue weighted by Crippen LogP contribution is 2.29. The predicted octanol–water partition coefficient (Wildman–Crippen LogP) is 2.34. The number of amides is 1. The van der Waals surface area contributed by atoms with Crippen LogP contribution in [0.2, 0.25) is 0 Å². The van der Waals surface area contributed by atoms with Crippen molar-refractivity contribution in [1.29, 1.82) is 0 Å². The van der Waals surface area contributed by atoms with Crippen LogP contribution in [0.1, 0.15) is 24.0 Å². The highest BCUT2D eigenvalue weighted by Gasteiger charge is 2.24. The van der Waals surface area contributed by atoms with Crippen LogP contribution in [-0.2, 0) is 4.79 Å². The third-order valence-electron chi connectivity index (χ3n) is 4.75. The lowest BCUT2D eigenvalue weighted by Crippen LogP contribution is -2.92. The van der Waals surface area contributed by atoms with Gasteiger partial charge in [-0.25, -0.2) is 0 Å². The maximum absolute atomic E-state index is 12.2. The average molecular weight is 336 g/mol. The van der Waals surface area contributed by atoms with Crippen LogP contribution < -0.4 is 5.32 Å². The van der Waals surface area contributed by atoms with Gasteiger partial charge in [0.05, 0.1) is 12.5 Å². The summed E-state index contributed by atoms with van der Waals surface area (Å²) in [7, 11) is 3.61. The molecule has 0 aliphatic carbocycles. The van der Waals surface area contributed by atoms with Gasteiger partial charge < -0.3 is 15.2 Å². The maximum Gasteiger partial charge on any atom is 0.279 e. The van der Waals surface area contributed by atoms with Crippen LogP contribution in [0, 0.1) is 0 Å². The number of para-hydroxylation sites is 1. The van der Waals surface area contributed by atoms with Crippen LogP contribution in [0.15, 0.2) is 60.8 Å². The number of hydrogen-bond donors (Lipinski definition) is 2. The first-order chi connectivity index (χ1) is 12.1. The van der Waals surface area contributed by atoms with Crippen LogP contribution >= 0.6 is 0 Å². The van der Waals surface area contributed by atoms with Crippen LogP contribution in [0.25, 0.3) is 10.9 Å². The minimum Gasteiger partial charge on any atom is -0.361 e. The molecule has 3 N–H and O–H groups in total. The lowest BCUT2D eigenvalue weighted by atomic mass is 9.90. The zero-order chi connectivity index (χ0) is 17.8. The summed E-state index contributed by atoms with van der Waals surface area (Å²) in [6.07, 6.45) is 2.11. The monoisotopic (exact) mass is 336 g/mol. The standard InChI is InChI=1S/C21H25N3O/c1-15(21(25)24(2)3)22-13-18(16-9-5-4-6-10-16)19-14-23-20-12-8-7-11-17(19)20/h4-12,14-15,18,22-23H,13H2,1-3H3/p+1/t15-,18+/m1/s1. The number of likely N-dealkylation sites (N-methyl/N-ethyl adjacent to an activating group) is 1. The molecule has 0 saturated carbocycles. The minimum atomic E-state index is -0.0913. The first-order valence-electron chi connectivity index (χ1n) is 8.73. The van der Waals surface area contributed by atoms with Gasteiger partial charge in [0, 0.05) is 31.2 Å². The molecule has 4 nitrogen and oxygen atoms in total. The van der Waals surface area contributed by atoms with E-state index in [9.17, 15) is 4.79 Å². The molecule has 4 heteroatoms. The number of quaternary nitrogens is 1. The van der Waals surface area contributed by atoms with Crippen molar-refractivity contribution in [3.63, 3.8) is 0 Å². The van der Waals surface area contributed by atoms with E-state index in [1.54, 1.807) is 19.0 Å². The first kappa shape index (κ1) is 17.2. The number of nitrogens with zero attached hydrogens (tertiary/aromatic N) is 1. The molecule has 0 aliphatic rings. The molecular formula is C21H26N3O+. The summed E-state index contributed by atoms with van der Waals surface area (Å²) in [6.45, 7) is 2.80.